The standard InChI is InChI=1S/C19H22N2O3S2/c1-12-5-6-13(2)17(9-12)20-26(23,24)16-7-8-19-18(10-16)21(15(4)22)11-14(3)25-19/h5-10,14,20H,11H2,1-4H3. The Bertz CT molecular complexity index is 971. The third-order valence-corrected chi connectivity index (χ3v) is 6.83. The summed E-state index contributed by atoms with van der Waals surface area (Å²) in [5.74, 6) is -0.0876. The molecule has 1 heterocycles. The van der Waals surface area contributed by atoms with Crippen LogP contribution in [-0.2, 0) is 14.8 Å². The zero-order valence-corrected chi connectivity index (χ0v) is 16.9. The van der Waals surface area contributed by atoms with E-state index in [2.05, 4.69) is 11.6 Å². The minimum Gasteiger partial charge on any atom is -0.310 e. The van der Waals surface area contributed by atoms with Crippen molar-refractivity contribution in [1.29, 1.82) is 0 Å². The summed E-state index contributed by atoms with van der Waals surface area (Å²) in [6.07, 6.45) is 0. The Kier molecular flexibility index (Phi) is 5.03. The van der Waals surface area contributed by atoms with Crippen LogP contribution in [0.1, 0.15) is 25.0 Å². The van der Waals surface area contributed by atoms with Crippen LogP contribution in [0.15, 0.2) is 46.2 Å². The van der Waals surface area contributed by atoms with Crippen molar-refractivity contribution < 1.29 is 13.2 Å². The lowest BCUT2D eigenvalue weighted by molar-refractivity contribution is -0.116. The van der Waals surface area contributed by atoms with E-state index in [-0.39, 0.29) is 16.1 Å². The molecule has 1 aliphatic heterocycles. The first kappa shape index (κ1) is 18.8. The molecule has 3 rings (SSSR count). The average molecular weight is 391 g/mol. The molecule has 1 atom stereocenters. The molecule has 138 valence electrons. The van der Waals surface area contributed by atoms with E-state index in [1.807, 2.05) is 32.0 Å². The third kappa shape index (κ3) is 3.73. The second kappa shape index (κ2) is 6.96. The molecule has 2 aromatic rings. The molecule has 1 aliphatic rings. The molecule has 0 radical (unpaired) electrons. The fourth-order valence-electron chi connectivity index (χ4n) is 2.93. The highest BCUT2D eigenvalue weighted by atomic mass is 32.2. The summed E-state index contributed by atoms with van der Waals surface area (Å²) < 4.78 is 28.4. The van der Waals surface area contributed by atoms with E-state index in [0.29, 0.717) is 17.9 Å². The Labute approximate surface area is 158 Å². The molecule has 0 saturated carbocycles. The van der Waals surface area contributed by atoms with Crippen molar-refractivity contribution in [3.05, 3.63) is 47.5 Å². The van der Waals surface area contributed by atoms with Gasteiger partial charge in [0.25, 0.3) is 10.0 Å². The predicted molar refractivity (Wildman–Crippen MR) is 107 cm³/mol. The molecular formula is C19H22N2O3S2. The van der Waals surface area contributed by atoms with Crippen LogP contribution in [0.25, 0.3) is 0 Å². The minimum absolute atomic E-state index is 0.0876. The van der Waals surface area contributed by atoms with E-state index in [1.54, 1.807) is 34.9 Å². The number of rotatable bonds is 3. The number of hydrogen-bond acceptors (Lipinski definition) is 4. The van der Waals surface area contributed by atoms with Gasteiger partial charge in [-0.3, -0.25) is 9.52 Å². The molecule has 7 heteroatoms. The number of sulfonamides is 1. The molecule has 0 fully saturated rings. The normalized spacial score (nSPS) is 16.9. The number of carbonyl (C=O) groups excluding carboxylic acids is 1. The maximum Gasteiger partial charge on any atom is 0.261 e. The molecule has 5 nitrogen and oxygen atoms in total. The largest absolute Gasteiger partial charge is 0.310 e. The molecule has 1 amide bonds. The van der Waals surface area contributed by atoms with Crippen molar-refractivity contribution in [2.24, 2.45) is 0 Å². The molecule has 0 aliphatic carbocycles. The van der Waals surface area contributed by atoms with Crippen LogP contribution < -0.4 is 9.62 Å². The van der Waals surface area contributed by atoms with Crippen molar-refractivity contribution in [3.63, 3.8) is 0 Å². The van der Waals surface area contributed by atoms with Crippen molar-refractivity contribution in [3.8, 4) is 0 Å². The van der Waals surface area contributed by atoms with Gasteiger partial charge in [0.2, 0.25) is 5.91 Å². The van der Waals surface area contributed by atoms with Crippen molar-refractivity contribution >= 4 is 39.1 Å². The lowest BCUT2D eigenvalue weighted by atomic mass is 10.1. The smallest absolute Gasteiger partial charge is 0.261 e. The van der Waals surface area contributed by atoms with Gasteiger partial charge in [0.05, 0.1) is 16.3 Å². The first-order valence-corrected chi connectivity index (χ1v) is 10.7. The first-order chi connectivity index (χ1) is 12.2. The number of nitrogens with zero attached hydrogens (tertiary/aromatic N) is 1. The molecule has 0 aromatic heterocycles. The molecule has 26 heavy (non-hydrogen) atoms. The highest BCUT2D eigenvalue weighted by Crippen LogP contribution is 2.40. The maximum atomic E-state index is 12.9. The van der Waals surface area contributed by atoms with E-state index in [0.717, 1.165) is 16.0 Å². The van der Waals surface area contributed by atoms with Crippen LogP contribution in [0.4, 0.5) is 11.4 Å². The maximum absolute atomic E-state index is 12.9. The first-order valence-electron chi connectivity index (χ1n) is 8.36. The van der Waals surface area contributed by atoms with Crippen LogP contribution in [-0.4, -0.2) is 26.1 Å². The van der Waals surface area contributed by atoms with E-state index in [9.17, 15) is 13.2 Å². The van der Waals surface area contributed by atoms with Gasteiger partial charge in [0.15, 0.2) is 0 Å². The second-order valence-corrected chi connectivity index (χ2v) is 9.77. The minimum atomic E-state index is -3.75. The van der Waals surface area contributed by atoms with Crippen LogP contribution in [0.5, 0.6) is 0 Å². The molecule has 0 bridgehead atoms. The molecular weight excluding hydrogens is 368 g/mol. The van der Waals surface area contributed by atoms with Crippen LogP contribution in [0.3, 0.4) is 0 Å². The highest BCUT2D eigenvalue weighted by Gasteiger charge is 2.27. The average Bonchev–Trinajstić information content (AvgIpc) is 2.56. The summed E-state index contributed by atoms with van der Waals surface area (Å²) in [5.41, 5.74) is 3.05. The monoisotopic (exact) mass is 390 g/mol. The Morgan fingerprint density at radius 2 is 1.92 bits per heavy atom. The molecule has 0 spiro atoms. The van der Waals surface area contributed by atoms with E-state index < -0.39 is 10.0 Å². The fourth-order valence-corrected chi connectivity index (χ4v) is 5.17. The topological polar surface area (TPSA) is 66.5 Å². The van der Waals surface area contributed by atoms with Gasteiger partial charge in [-0.1, -0.05) is 19.1 Å². The van der Waals surface area contributed by atoms with Crippen molar-refractivity contribution in [1.82, 2.24) is 0 Å². The molecule has 1 unspecified atom stereocenters. The number of hydrogen-bond donors (Lipinski definition) is 1. The van der Waals surface area contributed by atoms with Crippen LogP contribution in [0, 0.1) is 13.8 Å². The predicted octanol–water partition coefficient (Wildman–Crippen LogP) is 3.95. The summed E-state index contributed by atoms with van der Waals surface area (Å²) >= 11 is 1.65. The van der Waals surface area contributed by atoms with E-state index >= 15 is 0 Å². The van der Waals surface area contributed by atoms with E-state index in [1.165, 1.54) is 6.92 Å². The summed E-state index contributed by atoms with van der Waals surface area (Å²) in [4.78, 5) is 14.7. The summed E-state index contributed by atoms with van der Waals surface area (Å²) in [7, 11) is -3.75. The lowest BCUT2D eigenvalue weighted by Crippen LogP contribution is -2.37. The number of nitrogens with one attached hydrogen (secondary N) is 1. The fraction of sp³-hybridized carbons (Fsp3) is 0.316. The number of carbonyl (C=O) groups is 1. The second-order valence-electron chi connectivity index (χ2n) is 6.61. The van der Waals surface area contributed by atoms with Gasteiger partial charge in [-0.15, -0.1) is 11.8 Å². The SMILES string of the molecule is CC(=O)N1CC(C)Sc2ccc(S(=O)(=O)Nc3cc(C)ccc3C)cc21. The number of thioether (sulfide) groups is 1. The molecule has 0 saturated heterocycles. The highest BCUT2D eigenvalue weighted by molar-refractivity contribution is 8.00. The molecule has 1 N–H and O–H groups in total. The van der Waals surface area contributed by atoms with Gasteiger partial charge < -0.3 is 4.90 Å². The number of anilines is 2. The summed E-state index contributed by atoms with van der Waals surface area (Å²) in [5, 5.41) is 0.266. The van der Waals surface area contributed by atoms with Crippen molar-refractivity contribution in [2.45, 2.75) is 42.7 Å². The van der Waals surface area contributed by atoms with Crippen LogP contribution in [0.2, 0.25) is 0 Å². The van der Waals surface area contributed by atoms with E-state index in [4.69, 9.17) is 0 Å². The molecule has 2 aromatic carbocycles. The Morgan fingerprint density at radius 1 is 1.19 bits per heavy atom. The third-order valence-electron chi connectivity index (χ3n) is 4.32. The van der Waals surface area contributed by atoms with Crippen LogP contribution >= 0.6 is 11.8 Å². The zero-order valence-electron chi connectivity index (χ0n) is 15.2. The van der Waals surface area contributed by atoms with Gasteiger partial charge in [0.1, 0.15) is 0 Å². The van der Waals surface area contributed by atoms with Gasteiger partial charge in [-0.25, -0.2) is 8.42 Å². The number of fused-ring (bicyclic) bond motifs is 1. The number of benzene rings is 2. The number of amides is 1. The Hall–Kier alpha value is -1.99. The Morgan fingerprint density at radius 3 is 2.62 bits per heavy atom. The zero-order chi connectivity index (χ0) is 19.1. The van der Waals surface area contributed by atoms with Gasteiger partial charge in [-0.2, -0.15) is 0 Å². The quantitative estimate of drug-likeness (QED) is 0.862. The lowest BCUT2D eigenvalue weighted by Gasteiger charge is -2.32. The summed E-state index contributed by atoms with van der Waals surface area (Å²) in [6, 6.07) is 10.6. The summed E-state index contributed by atoms with van der Waals surface area (Å²) in [6.45, 7) is 7.90. The Balaban J connectivity index is 2.00. The number of aryl methyl sites for hydroxylation is 2. The van der Waals surface area contributed by atoms with Gasteiger partial charge in [0, 0.05) is 23.6 Å². The van der Waals surface area contributed by atoms with Gasteiger partial charge in [-0.05, 0) is 49.2 Å². The van der Waals surface area contributed by atoms with Gasteiger partial charge >= 0.3 is 0 Å². The van der Waals surface area contributed by atoms with Crippen molar-refractivity contribution in [2.75, 3.05) is 16.2 Å².